The molecule has 0 radical (unpaired) electrons. The summed E-state index contributed by atoms with van der Waals surface area (Å²) in [6, 6.07) is 0. The molecule has 12 heavy (non-hydrogen) atoms. The van der Waals surface area contributed by atoms with Gasteiger partial charge in [0, 0.05) is 0 Å². The molecule has 0 saturated heterocycles. The molecule has 0 bridgehead atoms. The predicted octanol–water partition coefficient (Wildman–Crippen LogP) is 4.39. The van der Waals surface area contributed by atoms with Crippen molar-refractivity contribution in [2.45, 2.75) is 70.9 Å². The smallest absolute Gasteiger partial charge is 0.0155 e. The van der Waals surface area contributed by atoms with Crippen LogP contribution in [0.4, 0.5) is 0 Å². The van der Waals surface area contributed by atoms with Gasteiger partial charge in [-0.1, -0.05) is 46.5 Å². The summed E-state index contributed by atoms with van der Waals surface area (Å²) in [5, 5.41) is 0.549. The summed E-state index contributed by atoms with van der Waals surface area (Å²) in [6.07, 6.45) is 9.60. The van der Waals surface area contributed by atoms with E-state index < -0.39 is 0 Å². The van der Waals surface area contributed by atoms with Crippen LogP contribution < -0.4 is 0 Å². The van der Waals surface area contributed by atoms with Crippen molar-refractivity contribution in [1.82, 2.24) is 0 Å². The van der Waals surface area contributed by atoms with Crippen molar-refractivity contribution >= 4 is 9.24 Å². The van der Waals surface area contributed by atoms with Crippen molar-refractivity contribution in [3.8, 4) is 0 Å². The first-order valence-corrected chi connectivity index (χ1v) is 6.05. The van der Waals surface area contributed by atoms with Crippen LogP contribution in [0.5, 0.6) is 0 Å². The highest BCUT2D eigenvalue weighted by molar-refractivity contribution is 7.18. The minimum Gasteiger partial charge on any atom is -0.131 e. The predicted molar refractivity (Wildman–Crippen MR) is 61.8 cm³/mol. The van der Waals surface area contributed by atoms with Crippen LogP contribution in [0, 0.1) is 0 Å². The molecule has 1 atom stereocenters. The van der Waals surface area contributed by atoms with E-state index in [0.29, 0.717) is 5.16 Å². The molecule has 0 aliphatic carbocycles. The average molecular weight is 188 g/mol. The number of hydrogen-bond donors (Lipinski definition) is 0. The van der Waals surface area contributed by atoms with E-state index in [0.717, 1.165) is 0 Å². The van der Waals surface area contributed by atoms with E-state index in [4.69, 9.17) is 0 Å². The van der Waals surface area contributed by atoms with Gasteiger partial charge in [0.25, 0.3) is 0 Å². The molecule has 0 N–H and O–H groups in total. The maximum absolute atomic E-state index is 3.05. The van der Waals surface area contributed by atoms with Gasteiger partial charge in [-0.25, -0.2) is 0 Å². The quantitative estimate of drug-likeness (QED) is 0.410. The van der Waals surface area contributed by atoms with Gasteiger partial charge < -0.3 is 0 Å². The normalized spacial score (nSPS) is 12.0. The van der Waals surface area contributed by atoms with Crippen LogP contribution in [0.25, 0.3) is 0 Å². The molecule has 0 aliphatic heterocycles. The van der Waals surface area contributed by atoms with Crippen molar-refractivity contribution in [2.24, 2.45) is 0 Å². The second kappa shape index (κ2) is 6.89. The van der Waals surface area contributed by atoms with Gasteiger partial charge in [-0.3, -0.25) is 0 Å². The molecule has 0 aromatic carbocycles. The van der Waals surface area contributed by atoms with Crippen LogP contribution in [0.15, 0.2) is 0 Å². The molecule has 1 heteroatoms. The van der Waals surface area contributed by atoms with Crippen molar-refractivity contribution < 1.29 is 0 Å². The molecule has 0 saturated carbocycles. The Morgan fingerprint density at radius 2 is 1.50 bits per heavy atom. The summed E-state index contributed by atoms with van der Waals surface area (Å²) in [4.78, 5) is 0. The van der Waals surface area contributed by atoms with Gasteiger partial charge >= 0.3 is 0 Å². The van der Waals surface area contributed by atoms with Gasteiger partial charge in [-0.05, 0) is 24.4 Å². The first-order valence-electron chi connectivity index (χ1n) is 5.47. The molecule has 0 aromatic rings. The molecule has 0 heterocycles. The van der Waals surface area contributed by atoms with E-state index in [1.54, 1.807) is 0 Å². The topological polar surface area (TPSA) is 0 Å². The van der Waals surface area contributed by atoms with Crippen molar-refractivity contribution in [1.29, 1.82) is 0 Å². The highest BCUT2D eigenvalue weighted by atomic mass is 31.0. The maximum atomic E-state index is 3.05. The SMILES string of the molecule is CCCCCCC(P)(CC)CC. The Morgan fingerprint density at radius 3 is 1.92 bits per heavy atom. The van der Waals surface area contributed by atoms with Gasteiger partial charge in [0.15, 0.2) is 0 Å². The number of unbranched alkanes of at least 4 members (excludes halogenated alkanes) is 3. The first-order chi connectivity index (χ1) is 5.68. The van der Waals surface area contributed by atoms with Crippen LogP contribution in [0.3, 0.4) is 0 Å². The molecule has 0 nitrogen and oxygen atoms in total. The first kappa shape index (κ1) is 12.4. The van der Waals surface area contributed by atoms with Crippen molar-refractivity contribution in [3.05, 3.63) is 0 Å². The van der Waals surface area contributed by atoms with E-state index >= 15 is 0 Å². The van der Waals surface area contributed by atoms with E-state index in [1.807, 2.05) is 0 Å². The second-order valence-corrected chi connectivity index (χ2v) is 5.10. The summed E-state index contributed by atoms with van der Waals surface area (Å²) in [5.74, 6) is 0. The zero-order valence-electron chi connectivity index (χ0n) is 9.03. The number of rotatable bonds is 7. The monoisotopic (exact) mass is 188 g/mol. The Morgan fingerprint density at radius 1 is 0.917 bits per heavy atom. The molecular weight excluding hydrogens is 163 g/mol. The largest absolute Gasteiger partial charge is 0.131 e. The molecule has 0 fully saturated rings. The Labute approximate surface area is 80.7 Å². The zero-order chi connectivity index (χ0) is 9.45. The van der Waals surface area contributed by atoms with Crippen LogP contribution >= 0.6 is 9.24 Å². The lowest BCUT2D eigenvalue weighted by molar-refractivity contribution is 0.473. The van der Waals surface area contributed by atoms with E-state index in [2.05, 4.69) is 30.0 Å². The highest BCUT2D eigenvalue weighted by Crippen LogP contribution is 2.32. The minimum atomic E-state index is 0.549. The molecule has 1 unspecified atom stereocenters. The zero-order valence-corrected chi connectivity index (χ0v) is 10.2. The van der Waals surface area contributed by atoms with Crippen LogP contribution in [-0.2, 0) is 0 Å². The van der Waals surface area contributed by atoms with Gasteiger partial charge in [0.1, 0.15) is 0 Å². The lowest BCUT2D eigenvalue weighted by Crippen LogP contribution is -2.17. The van der Waals surface area contributed by atoms with Crippen LogP contribution in [0.2, 0.25) is 0 Å². The van der Waals surface area contributed by atoms with Crippen LogP contribution in [-0.4, -0.2) is 5.16 Å². The Balaban J connectivity index is 3.45. The van der Waals surface area contributed by atoms with Gasteiger partial charge in [-0.2, -0.15) is 0 Å². The summed E-state index contributed by atoms with van der Waals surface area (Å²) < 4.78 is 0. The van der Waals surface area contributed by atoms with Crippen LogP contribution in [0.1, 0.15) is 65.7 Å². The summed E-state index contributed by atoms with van der Waals surface area (Å²) >= 11 is 0. The van der Waals surface area contributed by atoms with E-state index in [-0.39, 0.29) is 0 Å². The lowest BCUT2D eigenvalue weighted by Gasteiger charge is -2.26. The van der Waals surface area contributed by atoms with Crippen molar-refractivity contribution in [3.63, 3.8) is 0 Å². The molecule has 0 amide bonds. The average Bonchev–Trinajstić information content (AvgIpc) is 2.12. The summed E-state index contributed by atoms with van der Waals surface area (Å²) in [7, 11) is 3.05. The highest BCUT2D eigenvalue weighted by Gasteiger charge is 2.18. The molecule has 0 aliphatic rings. The van der Waals surface area contributed by atoms with Gasteiger partial charge in [0.05, 0.1) is 0 Å². The van der Waals surface area contributed by atoms with Gasteiger partial charge in [0.2, 0.25) is 0 Å². The minimum absolute atomic E-state index is 0.549. The summed E-state index contributed by atoms with van der Waals surface area (Å²) in [5.41, 5.74) is 0. The number of hydrogen-bond acceptors (Lipinski definition) is 0. The second-order valence-electron chi connectivity index (χ2n) is 3.88. The third kappa shape index (κ3) is 5.14. The molecular formula is C11H25P. The Hall–Kier alpha value is 0.430. The van der Waals surface area contributed by atoms with E-state index in [1.165, 1.54) is 44.9 Å². The third-order valence-electron chi connectivity index (χ3n) is 2.94. The summed E-state index contributed by atoms with van der Waals surface area (Å²) in [6.45, 7) is 6.88. The molecule has 0 spiro atoms. The van der Waals surface area contributed by atoms with Crippen molar-refractivity contribution in [2.75, 3.05) is 0 Å². The third-order valence-corrected chi connectivity index (χ3v) is 4.04. The van der Waals surface area contributed by atoms with E-state index in [9.17, 15) is 0 Å². The fraction of sp³-hybridized carbons (Fsp3) is 1.00. The fourth-order valence-electron chi connectivity index (χ4n) is 1.51. The maximum Gasteiger partial charge on any atom is -0.0155 e. The lowest BCUT2D eigenvalue weighted by atomic mass is 9.94. The molecule has 74 valence electrons. The van der Waals surface area contributed by atoms with Gasteiger partial charge in [-0.15, -0.1) is 9.24 Å². The Kier molecular flexibility index (Phi) is 7.14. The molecule has 0 aromatic heterocycles. The standard InChI is InChI=1S/C11H25P/c1-4-7-8-9-10-11(12,5-2)6-3/h4-10,12H2,1-3H3. The Bertz CT molecular complexity index is 95.2. The molecule has 0 rings (SSSR count). The fourth-order valence-corrected chi connectivity index (χ4v) is 1.71.